The largest absolute Gasteiger partial charge is 0.457 e. The molecular weight excluding hydrogens is 328 g/mol. The molecule has 1 aliphatic rings. The van der Waals surface area contributed by atoms with E-state index in [1.54, 1.807) is 11.3 Å². The molecule has 1 aliphatic heterocycles. The molecule has 0 spiro atoms. The number of rotatable bonds is 3. The lowest BCUT2D eigenvalue weighted by atomic mass is 9.96. The SMILES string of the molecule is c1ccc(C2(c3cc4c(-c5cccs5)cccc4o3)NCCN2)cc1. The van der Waals surface area contributed by atoms with E-state index in [9.17, 15) is 0 Å². The van der Waals surface area contributed by atoms with Crippen molar-refractivity contribution in [2.24, 2.45) is 0 Å². The Hall–Kier alpha value is -2.40. The Kier molecular flexibility index (Phi) is 3.48. The van der Waals surface area contributed by atoms with Crippen molar-refractivity contribution >= 4 is 22.3 Å². The van der Waals surface area contributed by atoms with Gasteiger partial charge in [0.1, 0.15) is 11.3 Å². The summed E-state index contributed by atoms with van der Waals surface area (Å²) >= 11 is 1.75. The standard InChI is InChI=1S/C21H18N2OS/c1-2-6-15(7-3-1)21(22-11-12-23-21)20-14-17-16(19-10-5-13-25-19)8-4-9-18(17)24-20/h1-10,13-14,22-23H,11-12H2. The molecule has 0 unspecified atom stereocenters. The molecule has 2 N–H and O–H groups in total. The average Bonchev–Trinajstić information content (AvgIpc) is 3.41. The summed E-state index contributed by atoms with van der Waals surface area (Å²) in [6.07, 6.45) is 0. The highest BCUT2D eigenvalue weighted by atomic mass is 32.1. The average molecular weight is 346 g/mol. The maximum Gasteiger partial charge on any atom is 0.155 e. The molecule has 5 rings (SSSR count). The van der Waals surface area contributed by atoms with Crippen LogP contribution in [0.15, 0.2) is 76.5 Å². The van der Waals surface area contributed by atoms with E-state index < -0.39 is 5.66 Å². The Morgan fingerprint density at radius 2 is 1.72 bits per heavy atom. The summed E-state index contributed by atoms with van der Waals surface area (Å²) in [6, 6.07) is 23.2. The van der Waals surface area contributed by atoms with Gasteiger partial charge in [-0.25, -0.2) is 0 Å². The fourth-order valence-electron chi connectivity index (χ4n) is 3.66. The van der Waals surface area contributed by atoms with Gasteiger partial charge in [0.05, 0.1) is 0 Å². The Labute approximate surface area is 150 Å². The number of hydrogen-bond donors (Lipinski definition) is 2. The molecule has 124 valence electrons. The zero-order valence-electron chi connectivity index (χ0n) is 13.7. The zero-order chi connectivity index (χ0) is 16.7. The van der Waals surface area contributed by atoms with Crippen LogP contribution >= 0.6 is 11.3 Å². The van der Waals surface area contributed by atoms with E-state index in [0.29, 0.717) is 0 Å². The summed E-state index contributed by atoms with van der Waals surface area (Å²) in [7, 11) is 0. The van der Waals surface area contributed by atoms with Crippen LogP contribution in [0.5, 0.6) is 0 Å². The van der Waals surface area contributed by atoms with E-state index in [2.05, 4.69) is 70.6 Å². The second-order valence-electron chi connectivity index (χ2n) is 6.27. The number of thiophene rings is 1. The van der Waals surface area contributed by atoms with Crippen molar-refractivity contribution in [3.8, 4) is 10.4 Å². The first-order valence-corrected chi connectivity index (χ1v) is 9.37. The highest BCUT2D eigenvalue weighted by molar-refractivity contribution is 7.13. The van der Waals surface area contributed by atoms with Crippen molar-refractivity contribution in [1.82, 2.24) is 10.6 Å². The molecule has 25 heavy (non-hydrogen) atoms. The molecule has 4 aromatic rings. The lowest BCUT2D eigenvalue weighted by Gasteiger charge is -2.28. The van der Waals surface area contributed by atoms with Gasteiger partial charge in [0.25, 0.3) is 0 Å². The molecule has 1 saturated heterocycles. The normalized spacial score (nSPS) is 16.5. The predicted molar refractivity (Wildman–Crippen MR) is 103 cm³/mol. The molecule has 0 saturated carbocycles. The highest BCUT2D eigenvalue weighted by Gasteiger charge is 2.40. The quantitative estimate of drug-likeness (QED) is 0.571. The Morgan fingerprint density at radius 3 is 2.48 bits per heavy atom. The maximum absolute atomic E-state index is 6.33. The van der Waals surface area contributed by atoms with Crippen LogP contribution in [0.1, 0.15) is 11.3 Å². The number of benzene rings is 2. The van der Waals surface area contributed by atoms with Crippen LogP contribution in [0, 0.1) is 0 Å². The second-order valence-corrected chi connectivity index (χ2v) is 7.22. The summed E-state index contributed by atoms with van der Waals surface area (Å²) in [5, 5.41) is 10.5. The minimum atomic E-state index is -0.465. The van der Waals surface area contributed by atoms with Crippen molar-refractivity contribution in [3.05, 3.63) is 83.4 Å². The van der Waals surface area contributed by atoms with Crippen LogP contribution in [0.3, 0.4) is 0 Å². The first-order chi connectivity index (χ1) is 12.4. The van der Waals surface area contributed by atoms with Crippen molar-refractivity contribution in [1.29, 1.82) is 0 Å². The van der Waals surface area contributed by atoms with Gasteiger partial charge < -0.3 is 4.42 Å². The van der Waals surface area contributed by atoms with Crippen LogP contribution in [0.4, 0.5) is 0 Å². The Balaban J connectivity index is 1.71. The maximum atomic E-state index is 6.33. The highest BCUT2D eigenvalue weighted by Crippen LogP contribution is 2.38. The summed E-state index contributed by atoms with van der Waals surface area (Å²) in [5.41, 5.74) is 2.85. The van der Waals surface area contributed by atoms with Gasteiger partial charge in [-0.1, -0.05) is 48.5 Å². The molecule has 2 aromatic heterocycles. The lowest BCUT2D eigenvalue weighted by molar-refractivity contribution is 0.340. The monoisotopic (exact) mass is 346 g/mol. The summed E-state index contributed by atoms with van der Waals surface area (Å²) in [6.45, 7) is 1.81. The molecule has 3 nitrogen and oxygen atoms in total. The number of nitrogens with one attached hydrogen (secondary N) is 2. The smallest absolute Gasteiger partial charge is 0.155 e. The van der Waals surface area contributed by atoms with Crippen molar-refractivity contribution < 1.29 is 4.42 Å². The van der Waals surface area contributed by atoms with Gasteiger partial charge >= 0.3 is 0 Å². The molecule has 0 atom stereocenters. The van der Waals surface area contributed by atoms with Crippen molar-refractivity contribution in [3.63, 3.8) is 0 Å². The van der Waals surface area contributed by atoms with Crippen molar-refractivity contribution in [2.45, 2.75) is 5.66 Å². The fourth-order valence-corrected chi connectivity index (χ4v) is 4.43. The molecular formula is C21H18N2OS. The van der Waals surface area contributed by atoms with E-state index in [1.165, 1.54) is 16.0 Å². The molecule has 0 amide bonds. The van der Waals surface area contributed by atoms with Gasteiger partial charge in [-0.05, 0) is 29.1 Å². The molecule has 0 aliphatic carbocycles. The predicted octanol–water partition coefficient (Wildman–Crippen LogP) is 4.56. The first kappa shape index (κ1) is 14.9. The third kappa shape index (κ3) is 2.34. The molecule has 3 heterocycles. The van der Waals surface area contributed by atoms with Gasteiger partial charge in [0, 0.05) is 28.9 Å². The number of fused-ring (bicyclic) bond motifs is 1. The zero-order valence-corrected chi connectivity index (χ0v) is 14.5. The summed E-state index contributed by atoms with van der Waals surface area (Å²) in [4.78, 5) is 1.26. The Bertz CT molecular complexity index is 999. The van der Waals surface area contributed by atoms with Crippen LogP contribution in [0.2, 0.25) is 0 Å². The summed E-state index contributed by atoms with van der Waals surface area (Å²) < 4.78 is 6.33. The third-order valence-corrected chi connectivity index (χ3v) is 5.73. The topological polar surface area (TPSA) is 37.2 Å². The molecule has 0 radical (unpaired) electrons. The van der Waals surface area contributed by atoms with E-state index >= 15 is 0 Å². The Morgan fingerprint density at radius 1 is 0.880 bits per heavy atom. The van der Waals surface area contributed by atoms with E-state index in [1.807, 2.05) is 12.1 Å². The first-order valence-electron chi connectivity index (χ1n) is 8.49. The van der Waals surface area contributed by atoms with Crippen LogP contribution < -0.4 is 10.6 Å². The van der Waals surface area contributed by atoms with Crippen molar-refractivity contribution in [2.75, 3.05) is 13.1 Å². The molecule has 0 bridgehead atoms. The molecule has 1 fully saturated rings. The fraction of sp³-hybridized carbons (Fsp3) is 0.143. The van der Waals surface area contributed by atoms with Gasteiger partial charge in [-0.15, -0.1) is 11.3 Å². The second kappa shape index (κ2) is 5.85. The molecule has 2 aromatic carbocycles. The number of hydrogen-bond acceptors (Lipinski definition) is 4. The van der Waals surface area contributed by atoms with Crippen LogP contribution in [0.25, 0.3) is 21.4 Å². The third-order valence-electron chi connectivity index (χ3n) is 4.83. The molecule has 4 heteroatoms. The van der Waals surface area contributed by atoms with Gasteiger partial charge in [-0.2, -0.15) is 0 Å². The minimum Gasteiger partial charge on any atom is -0.457 e. The number of furan rings is 1. The summed E-state index contributed by atoms with van der Waals surface area (Å²) in [5.74, 6) is 0.912. The minimum absolute atomic E-state index is 0.465. The van der Waals surface area contributed by atoms with E-state index in [0.717, 1.165) is 29.8 Å². The van der Waals surface area contributed by atoms with Crippen LogP contribution in [-0.4, -0.2) is 13.1 Å². The lowest BCUT2D eigenvalue weighted by Crippen LogP contribution is -2.46. The van der Waals surface area contributed by atoms with Crippen LogP contribution in [-0.2, 0) is 5.66 Å². The van der Waals surface area contributed by atoms with Gasteiger partial charge in [-0.3, -0.25) is 10.6 Å². The van der Waals surface area contributed by atoms with Gasteiger partial charge in [0.2, 0.25) is 0 Å². The van der Waals surface area contributed by atoms with E-state index in [-0.39, 0.29) is 0 Å². The van der Waals surface area contributed by atoms with E-state index in [4.69, 9.17) is 4.42 Å². The van der Waals surface area contributed by atoms with Gasteiger partial charge in [0.15, 0.2) is 5.66 Å².